The quantitative estimate of drug-likeness (QED) is 0.719. The molecule has 2 rings (SSSR count). The van der Waals surface area contributed by atoms with E-state index in [1.54, 1.807) is 0 Å². The minimum absolute atomic E-state index is 0.482. The first kappa shape index (κ1) is 16.0. The molecule has 3 heteroatoms. The molecule has 0 aliphatic heterocycles. The first-order valence-corrected chi connectivity index (χ1v) is 8.76. The molecule has 0 aromatic heterocycles. The van der Waals surface area contributed by atoms with Crippen LogP contribution in [-0.4, -0.2) is 30.6 Å². The van der Waals surface area contributed by atoms with Crippen molar-refractivity contribution in [1.29, 1.82) is 0 Å². The van der Waals surface area contributed by atoms with Gasteiger partial charge in [-0.25, -0.2) is 0 Å². The van der Waals surface area contributed by atoms with E-state index in [0.717, 1.165) is 17.1 Å². The number of halogens is 1. The van der Waals surface area contributed by atoms with E-state index in [0.29, 0.717) is 6.04 Å². The second-order valence-electron chi connectivity index (χ2n) is 5.71. The zero-order valence-electron chi connectivity index (χ0n) is 12.7. The van der Waals surface area contributed by atoms with E-state index in [-0.39, 0.29) is 0 Å². The molecule has 1 atom stereocenters. The summed E-state index contributed by atoms with van der Waals surface area (Å²) in [4.78, 5) is 2.64. The Bertz CT molecular complexity index is 386. The van der Waals surface area contributed by atoms with Crippen molar-refractivity contribution in [3.8, 4) is 0 Å². The highest BCUT2D eigenvalue weighted by Gasteiger charge is 2.27. The summed E-state index contributed by atoms with van der Waals surface area (Å²) in [7, 11) is 0. The first-order chi connectivity index (χ1) is 9.74. The molecule has 0 amide bonds. The van der Waals surface area contributed by atoms with Gasteiger partial charge in [-0.1, -0.05) is 41.9 Å². The first-order valence-electron chi connectivity index (χ1n) is 7.97. The van der Waals surface area contributed by atoms with Crippen LogP contribution in [0.15, 0.2) is 28.7 Å². The van der Waals surface area contributed by atoms with Crippen molar-refractivity contribution in [2.24, 2.45) is 0 Å². The maximum atomic E-state index is 3.70. The summed E-state index contributed by atoms with van der Waals surface area (Å²) in [6, 6.07) is 10.1. The maximum Gasteiger partial charge on any atom is 0.0332 e. The summed E-state index contributed by atoms with van der Waals surface area (Å²) in [5.74, 6) is 0. The van der Waals surface area contributed by atoms with Gasteiger partial charge in [-0.3, -0.25) is 0 Å². The van der Waals surface area contributed by atoms with Crippen LogP contribution in [0.25, 0.3) is 0 Å². The lowest BCUT2D eigenvalue weighted by molar-refractivity contribution is 0.259. The third-order valence-electron chi connectivity index (χ3n) is 4.09. The SMILES string of the molecule is CCCNC(CCN(CC)C1CC1)c1ccc(Br)cc1. The molecule has 1 aliphatic rings. The van der Waals surface area contributed by atoms with Crippen LogP contribution in [0.4, 0.5) is 0 Å². The number of nitrogens with one attached hydrogen (secondary N) is 1. The van der Waals surface area contributed by atoms with E-state index in [2.05, 4.69) is 64.3 Å². The minimum atomic E-state index is 0.482. The average molecular weight is 339 g/mol. The smallest absolute Gasteiger partial charge is 0.0332 e. The van der Waals surface area contributed by atoms with Gasteiger partial charge >= 0.3 is 0 Å². The largest absolute Gasteiger partial charge is 0.310 e. The predicted octanol–water partition coefficient (Wildman–Crippen LogP) is 4.36. The molecule has 1 aliphatic carbocycles. The van der Waals surface area contributed by atoms with Crippen LogP contribution in [0.1, 0.15) is 51.1 Å². The number of nitrogens with zero attached hydrogens (tertiary/aromatic N) is 1. The highest BCUT2D eigenvalue weighted by Crippen LogP contribution is 2.28. The van der Waals surface area contributed by atoms with Crippen LogP contribution in [0, 0.1) is 0 Å². The fourth-order valence-corrected chi connectivity index (χ4v) is 3.00. The summed E-state index contributed by atoms with van der Waals surface area (Å²) in [6.45, 7) is 8.00. The molecule has 1 saturated carbocycles. The molecule has 1 aromatic rings. The van der Waals surface area contributed by atoms with Gasteiger partial charge < -0.3 is 10.2 Å². The van der Waals surface area contributed by atoms with Crippen LogP contribution in [-0.2, 0) is 0 Å². The zero-order chi connectivity index (χ0) is 14.4. The summed E-state index contributed by atoms with van der Waals surface area (Å²) in [6.07, 6.45) is 5.19. The van der Waals surface area contributed by atoms with Crippen LogP contribution < -0.4 is 5.32 Å². The number of rotatable bonds is 9. The molecule has 0 spiro atoms. The van der Waals surface area contributed by atoms with Gasteiger partial charge in [0.1, 0.15) is 0 Å². The molecule has 1 fully saturated rings. The number of hydrogen-bond acceptors (Lipinski definition) is 2. The molecule has 1 N–H and O–H groups in total. The third-order valence-corrected chi connectivity index (χ3v) is 4.62. The molecular formula is C17H27BrN2. The summed E-state index contributed by atoms with van der Waals surface area (Å²) in [5, 5.41) is 3.70. The minimum Gasteiger partial charge on any atom is -0.310 e. The molecule has 2 nitrogen and oxygen atoms in total. The van der Waals surface area contributed by atoms with Gasteiger partial charge in [0.2, 0.25) is 0 Å². The molecule has 0 saturated heterocycles. The standard InChI is InChI=1S/C17H27BrN2/c1-3-12-19-17(14-5-7-15(18)8-6-14)11-13-20(4-2)16-9-10-16/h5-8,16-17,19H,3-4,9-13H2,1-2H3. The van der Waals surface area contributed by atoms with Crippen LogP contribution in [0.2, 0.25) is 0 Å². The molecule has 0 radical (unpaired) electrons. The second-order valence-corrected chi connectivity index (χ2v) is 6.62. The molecule has 112 valence electrons. The maximum absolute atomic E-state index is 3.70. The Morgan fingerprint density at radius 3 is 2.50 bits per heavy atom. The summed E-state index contributed by atoms with van der Waals surface area (Å²) in [5.41, 5.74) is 1.41. The number of benzene rings is 1. The molecule has 0 heterocycles. The lowest BCUT2D eigenvalue weighted by Gasteiger charge is -2.25. The average Bonchev–Trinajstić information content (AvgIpc) is 3.29. The van der Waals surface area contributed by atoms with Crippen molar-refractivity contribution in [1.82, 2.24) is 10.2 Å². The Balaban J connectivity index is 1.93. The Hall–Kier alpha value is -0.380. The molecule has 20 heavy (non-hydrogen) atoms. The van der Waals surface area contributed by atoms with Crippen LogP contribution >= 0.6 is 15.9 Å². The summed E-state index contributed by atoms with van der Waals surface area (Å²) >= 11 is 3.52. The number of hydrogen-bond donors (Lipinski definition) is 1. The second kappa shape index (κ2) is 8.16. The normalized spacial score (nSPS) is 16.6. The van der Waals surface area contributed by atoms with Crippen molar-refractivity contribution in [3.05, 3.63) is 34.3 Å². The van der Waals surface area contributed by atoms with Gasteiger partial charge in [0.25, 0.3) is 0 Å². The van der Waals surface area contributed by atoms with Crippen molar-refractivity contribution in [2.45, 2.75) is 51.6 Å². The molecule has 1 unspecified atom stereocenters. The van der Waals surface area contributed by atoms with E-state index >= 15 is 0 Å². The zero-order valence-corrected chi connectivity index (χ0v) is 14.3. The lowest BCUT2D eigenvalue weighted by Crippen LogP contribution is -2.31. The van der Waals surface area contributed by atoms with E-state index in [9.17, 15) is 0 Å². The van der Waals surface area contributed by atoms with E-state index in [1.807, 2.05) is 0 Å². The highest BCUT2D eigenvalue weighted by molar-refractivity contribution is 9.10. The van der Waals surface area contributed by atoms with Crippen LogP contribution in [0.3, 0.4) is 0 Å². The van der Waals surface area contributed by atoms with E-state index < -0.39 is 0 Å². The van der Waals surface area contributed by atoms with Gasteiger partial charge in [-0.15, -0.1) is 0 Å². The Morgan fingerprint density at radius 1 is 1.25 bits per heavy atom. The van der Waals surface area contributed by atoms with E-state index in [4.69, 9.17) is 0 Å². The summed E-state index contributed by atoms with van der Waals surface area (Å²) < 4.78 is 1.16. The predicted molar refractivity (Wildman–Crippen MR) is 90.1 cm³/mol. The fourth-order valence-electron chi connectivity index (χ4n) is 2.73. The fraction of sp³-hybridized carbons (Fsp3) is 0.647. The van der Waals surface area contributed by atoms with Crippen molar-refractivity contribution in [2.75, 3.05) is 19.6 Å². The van der Waals surface area contributed by atoms with Crippen molar-refractivity contribution < 1.29 is 0 Å². The van der Waals surface area contributed by atoms with Gasteiger partial charge in [0.05, 0.1) is 0 Å². The molecule has 0 bridgehead atoms. The topological polar surface area (TPSA) is 15.3 Å². The van der Waals surface area contributed by atoms with Gasteiger partial charge in [0, 0.05) is 23.1 Å². The molecule has 1 aromatic carbocycles. The third kappa shape index (κ3) is 4.87. The van der Waals surface area contributed by atoms with Gasteiger partial charge in [0.15, 0.2) is 0 Å². The van der Waals surface area contributed by atoms with Crippen molar-refractivity contribution >= 4 is 15.9 Å². The molecular weight excluding hydrogens is 312 g/mol. The monoisotopic (exact) mass is 338 g/mol. The van der Waals surface area contributed by atoms with E-state index in [1.165, 1.54) is 44.3 Å². The van der Waals surface area contributed by atoms with Crippen molar-refractivity contribution in [3.63, 3.8) is 0 Å². The Labute approximate surface area is 132 Å². The van der Waals surface area contributed by atoms with Gasteiger partial charge in [-0.05, 0) is 56.5 Å². The Morgan fingerprint density at radius 2 is 1.95 bits per heavy atom. The highest BCUT2D eigenvalue weighted by atomic mass is 79.9. The lowest BCUT2D eigenvalue weighted by atomic mass is 10.0. The van der Waals surface area contributed by atoms with Crippen LogP contribution in [0.5, 0.6) is 0 Å². The Kier molecular flexibility index (Phi) is 6.53. The van der Waals surface area contributed by atoms with Gasteiger partial charge in [-0.2, -0.15) is 0 Å².